The van der Waals surface area contributed by atoms with Crippen molar-refractivity contribution in [2.24, 2.45) is 0 Å². The molecule has 2 aromatic carbocycles. The smallest absolute Gasteiger partial charge is 0.194 e. The van der Waals surface area contributed by atoms with E-state index >= 15 is 0 Å². The van der Waals surface area contributed by atoms with Gasteiger partial charge in [0.25, 0.3) is 0 Å². The Morgan fingerprint density at radius 2 is 1.70 bits per heavy atom. The van der Waals surface area contributed by atoms with Crippen LogP contribution in [0.1, 0.15) is 29.8 Å². The van der Waals surface area contributed by atoms with Gasteiger partial charge in [-0.15, -0.1) is 0 Å². The molecular weight excluding hydrogens is 352 g/mol. The lowest BCUT2D eigenvalue weighted by molar-refractivity contribution is -0.00577. The number of allylic oxidation sites excluding steroid dienone is 1. The number of rotatable bonds is 8. The summed E-state index contributed by atoms with van der Waals surface area (Å²) in [6, 6.07) is 9.25. The lowest BCUT2D eigenvalue weighted by Gasteiger charge is -2.17. The van der Waals surface area contributed by atoms with Crippen LogP contribution >= 0.6 is 0 Å². The van der Waals surface area contributed by atoms with Crippen molar-refractivity contribution in [1.29, 1.82) is 0 Å². The van der Waals surface area contributed by atoms with E-state index in [0.29, 0.717) is 5.56 Å². The summed E-state index contributed by atoms with van der Waals surface area (Å²) < 4.78 is 15.8. The summed E-state index contributed by atoms with van der Waals surface area (Å²) in [5, 5.41) is 28.5. The third-order valence-corrected chi connectivity index (χ3v) is 3.41. The molecular formula is C20H22O7. The van der Waals surface area contributed by atoms with Crippen molar-refractivity contribution in [3.05, 3.63) is 53.6 Å². The number of carbonyl (C=O) groups is 1. The second-order valence-corrected chi connectivity index (χ2v) is 5.73. The van der Waals surface area contributed by atoms with Gasteiger partial charge in [0.15, 0.2) is 18.4 Å². The first-order chi connectivity index (χ1) is 12.8. The minimum Gasteiger partial charge on any atom is -0.508 e. The molecule has 0 radical (unpaired) electrons. The molecule has 0 aliphatic rings. The molecule has 0 heterocycles. The lowest BCUT2D eigenvalue weighted by atomic mass is 10.1. The fourth-order valence-electron chi connectivity index (χ4n) is 2.40. The largest absolute Gasteiger partial charge is 0.508 e. The van der Waals surface area contributed by atoms with Crippen LogP contribution in [-0.4, -0.2) is 40.8 Å². The summed E-state index contributed by atoms with van der Waals surface area (Å²) in [7, 11) is 1.38. The number of carbonyl (C=O) groups excluding carboxylic acids is 1. The Morgan fingerprint density at radius 1 is 1.04 bits per heavy atom. The number of ketones is 1. The zero-order valence-electron chi connectivity index (χ0n) is 15.2. The number of hydrogen-bond acceptors (Lipinski definition) is 7. The van der Waals surface area contributed by atoms with Gasteiger partial charge in [-0.25, -0.2) is 0 Å². The van der Waals surface area contributed by atoms with Gasteiger partial charge < -0.3 is 29.5 Å². The number of methoxy groups -OCH3 is 1. The molecule has 2 unspecified atom stereocenters. The molecule has 2 atom stereocenters. The number of phenols is 1. The van der Waals surface area contributed by atoms with Gasteiger partial charge in [0.2, 0.25) is 0 Å². The Bertz CT molecular complexity index is 825. The Kier molecular flexibility index (Phi) is 6.81. The average Bonchev–Trinajstić information content (AvgIpc) is 2.58. The van der Waals surface area contributed by atoms with Crippen molar-refractivity contribution in [2.75, 3.05) is 7.11 Å². The highest BCUT2D eigenvalue weighted by atomic mass is 16.6. The fourth-order valence-corrected chi connectivity index (χ4v) is 2.40. The summed E-state index contributed by atoms with van der Waals surface area (Å²) in [6.07, 6.45) is 0.573. The van der Waals surface area contributed by atoms with Gasteiger partial charge in [0.1, 0.15) is 28.6 Å². The van der Waals surface area contributed by atoms with Crippen LogP contribution in [0.4, 0.5) is 0 Å². The van der Waals surface area contributed by atoms with Crippen LogP contribution in [0.15, 0.2) is 42.5 Å². The second kappa shape index (κ2) is 9.07. The van der Waals surface area contributed by atoms with Gasteiger partial charge in [-0.1, -0.05) is 18.2 Å². The molecule has 0 aromatic heterocycles. The fraction of sp³-hybridized carbons (Fsp3) is 0.250. The highest BCUT2D eigenvalue weighted by Crippen LogP contribution is 2.35. The monoisotopic (exact) mass is 374 g/mol. The van der Waals surface area contributed by atoms with Gasteiger partial charge in [-0.2, -0.15) is 0 Å². The van der Waals surface area contributed by atoms with Crippen LogP contribution in [-0.2, 0) is 0 Å². The second-order valence-electron chi connectivity index (χ2n) is 5.73. The molecule has 0 saturated carbocycles. The summed E-state index contributed by atoms with van der Waals surface area (Å²) in [4.78, 5) is 12.7. The van der Waals surface area contributed by atoms with Crippen molar-refractivity contribution in [1.82, 2.24) is 0 Å². The molecule has 2 rings (SSSR count). The van der Waals surface area contributed by atoms with Gasteiger partial charge in [-0.3, -0.25) is 4.79 Å². The van der Waals surface area contributed by atoms with Crippen molar-refractivity contribution in [3.8, 4) is 23.0 Å². The highest BCUT2D eigenvalue weighted by Gasteiger charge is 2.21. The van der Waals surface area contributed by atoms with E-state index in [9.17, 15) is 20.1 Å². The first kappa shape index (κ1) is 20.3. The molecule has 7 nitrogen and oxygen atoms in total. The maximum atomic E-state index is 12.7. The number of aliphatic hydroxyl groups is 2. The van der Waals surface area contributed by atoms with Crippen molar-refractivity contribution >= 4 is 11.9 Å². The SMILES string of the molecule is COc1cc(OC(C)O)cc(OC(C)O)c1C(=O)/C=C/c1cccc(O)c1. The Hall–Kier alpha value is -3.03. The van der Waals surface area contributed by atoms with Gasteiger partial charge in [0.05, 0.1) is 7.11 Å². The van der Waals surface area contributed by atoms with Crippen LogP contribution in [0, 0.1) is 0 Å². The summed E-state index contributed by atoms with van der Waals surface area (Å²) in [5.74, 6) is 0.0697. The summed E-state index contributed by atoms with van der Waals surface area (Å²) in [5.41, 5.74) is 0.724. The molecule has 0 bridgehead atoms. The summed E-state index contributed by atoms with van der Waals surface area (Å²) >= 11 is 0. The molecule has 27 heavy (non-hydrogen) atoms. The standard InChI is InChI=1S/C20H22O7/c1-12(21)26-16-10-18(25-3)20(19(11-16)27-13(2)22)17(24)8-7-14-5-4-6-15(23)9-14/h4-13,21-23H,1-3H3/b8-7+. The first-order valence-electron chi connectivity index (χ1n) is 8.23. The van der Waals surface area contributed by atoms with Gasteiger partial charge >= 0.3 is 0 Å². The lowest BCUT2D eigenvalue weighted by Crippen LogP contribution is -2.15. The predicted molar refractivity (Wildman–Crippen MR) is 99.1 cm³/mol. The molecule has 3 N–H and O–H groups in total. The number of benzene rings is 2. The van der Waals surface area contributed by atoms with Gasteiger partial charge in [-0.05, 0) is 37.6 Å². The first-order valence-corrected chi connectivity index (χ1v) is 8.23. The third kappa shape index (κ3) is 5.73. The molecule has 0 spiro atoms. The molecule has 2 aromatic rings. The van der Waals surface area contributed by atoms with Crippen LogP contribution < -0.4 is 14.2 Å². The number of aromatic hydroxyl groups is 1. The van der Waals surface area contributed by atoms with E-state index in [-0.39, 0.29) is 28.6 Å². The molecule has 0 aliphatic heterocycles. The van der Waals surface area contributed by atoms with E-state index in [1.165, 1.54) is 57.4 Å². The zero-order valence-corrected chi connectivity index (χ0v) is 15.2. The minimum atomic E-state index is -1.18. The molecule has 144 valence electrons. The van der Waals surface area contributed by atoms with Crippen LogP contribution in [0.3, 0.4) is 0 Å². The third-order valence-electron chi connectivity index (χ3n) is 3.41. The molecule has 0 fully saturated rings. The van der Waals surface area contributed by atoms with Crippen LogP contribution in [0.5, 0.6) is 23.0 Å². The van der Waals surface area contributed by atoms with E-state index in [1.54, 1.807) is 12.1 Å². The van der Waals surface area contributed by atoms with E-state index in [0.717, 1.165) is 0 Å². The zero-order chi connectivity index (χ0) is 20.0. The molecule has 0 saturated heterocycles. The highest BCUT2D eigenvalue weighted by molar-refractivity contribution is 6.10. The number of hydrogen-bond donors (Lipinski definition) is 3. The van der Waals surface area contributed by atoms with Gasteiger partial charge in [0, 0.05) is 12.1 Å². The quantitative estimate of drug-likeness (QED) is 0.371. The van der Waals surface area contributed by atoms with Crippen molar-refractivity contribution in [2.45, 2.75) is 26.4 Å². The Morgan fingerprint density at radius 3 is 2.30 bits per heavy atom. The molecule has 7 heteroatoms. The minimum absolute atomic E-state index is 0.0468. The average molecular weight is 374 g/mol. The number of aliphatic hydroxyl groups excluding tert-OH is 2. The maximum Gasteiger partial charge on any atom is 0.194 e. The molecule has 0 amide bonds. The predicted octanol–water partition coefficient (Wildman–Crippen LogP) is 2.73. The summed E-state index contributed by atoms with van der Waals surface area (Å²) in [6.45, 7) is 2.82. The van der Waals surface area contributed by atoms with Crippen molar-refractivity contribution in [3.63, 3.8) is 0 Å². The van der Waals surface area contributed by atoms with Crippen LogP contribution in [0.2, 0.25) is 0 Å². The van der Waals surface area contributed by atoms with Crippen molar-refractivity contribution < 1.29 is 34.3 Å². The number of phenolic OH excluding ortho intramolecular Hbond substituents is 1. The van der Waals surface area contributed by atoms with E-state index in [1.807, 2.05) is 0 Å². The number of ether oxygens (including phenoxy) is 3. The van der Waals surface area contributed by atoms with E-state index < -0.39 is 18.4 Å². The Balaban J connectivity index is 2.43. The maximum absolute atomic E-state index is 12.7. The van der Waals surface area contributed by atoms with E-state index in [4.69, 9.17) is 14.2 Å². The van der Waals surface area contributed by atoms with Crippen LogP contribution in [0.25, 0.3) is 6.08 Å². The van der Waals surface area contributed by atoms with E-state index in [2.05, 4.69) is 0 Å². The Labute approximate surface area is 157 Å². The molecule has 0 aliphatic carbocycles. The normalized spacial score (nSPS) is 13.2. The topological polar surface area (TPSA) is 105 Å².